The van der Waals surface area contributed by atoms with Crippen molar-refractivity contribution in [1.82, 2.24) is 29.7 Å². The smallest absolute Gasteiger partial charge is 0.319 e. The van der Waals surface area contributed by atoms with Gasteiger partial charge >= 0.3 is 6.01 Å². The number of anilines is 1. The number of benzene rings is 1. The highest BCUT2D eigenvalue weighted by atomic mass is 35.5. The second-order valence-corrected chi connectivity index (χ2v) is 12.5. The summed E-state index contributed by atoms with van der Waals surface area (Å²) in [5.41, 5.74) is 0.482. The van der Waals surface area contributed by atoms with E-state index in [1.165, 1.54) is 18.5 Å². The van der Waals surface area contributed by atoms with Crippen molar-refractivity contribution < 1.29 is 23.0 Å². The molecule has 3 saturated heterocycles. The molecule has 0 radical (unpaired) electrons. The zero-order chi connectivity index (χ0) is 33.2. The highest BCUT2D eigenvalue weighted by Gasteiger charge is 2.38. The van der Waals surface area contributed by atoms with Crippen LogP contribution in [0.15, 0.2) is 48.9 Å². The number of halogens is 3. The molecule has 7 rings (SSSR count). The largest absolute Gasteiger partial charge is 0.463 e. The summed E-state index contributed by atoms with van der Waals surface area (Å²) in [6.07, 6.45) is 9.15. The van der Waals surface area contributed by atoms with Crippen molar-refractivity contribution in [3.05, 3.63) is 71.2 Å². The number of hydrogen-bond donors (Lipinski definition) is 0. The van der Waals surface area contributed by atoms with Crippen LogP contribution in [0.3, 0.4) is 0 Å². The first-order chi connectivity index (χ1) is 23.4. The Kier molecular flexibility index (Phi) is 9.30. The number of allylic oxidation sites excluding steroid dienone is 1. The molecule has 48 heavy (non-hydrogen) atoms. The Hall–Kier alpha value is -4.51. The van der Waals surface area contributed by atoms with Crippen molar-refractivity contribution in [1.29, 1.82) is 0 Å². The van der Waals surface area contributed by atoms with Gasteiger partial charge in [0.05, 0.1) is 24.7 Å². The van der Waals surface area contributed by atoms with Crippen LogP contribution in [0.4, 0.5) is 14.6 Å². The van der Waals surface area contributed by atoms with E-state index in [2.05, 4.69) is 24.7 Å². The molecule has 0 unspecified atom stereocenters. The van der Waals surface area contributed by atoms with Gasteiger partial charge < -0.3 is 24.1 Å². The van der Waals surface area contributed by atoms with E-state index in [1.54, 1.807) is 23.2 Å². The number of rotatable bonds is 10. The number of likely N-dealkylation sites (tertiary alicyclic amines) is 1. The minimum absolute atomic E-state index is 0.0139. The fourth-order valence-corrected chi connectivity index (χ4v) is 7.19. The number of piperazine rings is 1. The third-order valence-corrected chi connectivity index (χ3v) is 9.50. The third-order valence-electron chi connectivity index (χ3n) is 9.18. The zero-order valence-electron chi connectivity index (χ0n) is 26.1. The second-order valence-electron chi connectivity index (χ2n) is 12.1. The van der Waals surface area contributed by atoms with Crippen molar-refractivity contribution >= 4 is 45.0 Å². The summed E-state index contributed by atoms with van der Waals surface area (Å²) in [6.45, 7) is 10.4. The maximum atomic E-state index is 16.7. The van der Waals surface area contributed by atoms with Crippen LogP contribution in [-0.2, 0) is 9.53 Å². The Labute approximate surface area is 280 Å². The normalized spacial score (nSPS) is 21.1. The summed E-state index contributed by atoms with van der Waals surface area (Å²) in [5, 5.41) is 2.16. The van der Waals surface area contributed by atoms with Gasteiger partial charge in [-0.2, -0.15) is 9.97 Å². The molecule has 4 aromatic rings. The molecule has 11 nitrogen and oxygen atoms in total. The van der Waals surface area contributed by atoms with Gasteiger partial charge in [-0.25, -0.2) is 15.4 Å². The maximum Gasteiger partial charge on any atom is 0.319 e. The first kappa shape index (κ1) is 32.1. The zero-order valence-corrected chi connectivity index (χ0v) is 26.8. The fourth-order valence-electron chi connectivity index (χ4n) is 6.91. The summed E-state index contributed by atoms with van der Waals surface area (Å²) in [6, 6.07) is 5.34. The van der Waals surface area contributed by atoms with Crippen LogP contribution in [0.2, 0.25) is 5.02 Å². The van der Waals surface area contributed by atoms with E-state index in [0.29, 0.717) is 52.5 Å². The highest BCUT2D eigenvalue weighted by Crippen LogP contribution is 2.37. The molecule has 14 heteroatoms. The predicted molar refractivity (Wildman–Crippen MR) is 177 cm³/mol. The lowest BCUT2D eigenvalue weighted by molar-refractivity contribution is -0.128. The number of aromatic nitrogens is 4. The van der Waals surface area contributed by atoms with E-state index in [4.69, 9.17) is 32.6 Å². The molecule has 1 aromatic carbocycles. The average Bonchev–Trinajstić information content (AvgIpc) is 3.73. The van der Waals surface area contributed by atoms with Gasteiger partial charge in [0.15, 0.2) is 5.82 Å². The predicted octanol–water partition coefficient (Wildman–Crippen LogP) is 4.74. The quantitative estimate of drug-likeness (QED) is 0.134. The Balaban J connectivity index is 1.23. The number of morpholine rings is 1. The van der Waals surface area contributed by atoms with Crippen molar-refractivity contribution in [2.75, 3.05) is 64.1 Å². The van der Waals surface area contributed by atoms with Gasteiger partial charge in [0.2, 0.25) is 12.5 Å². The van der Waals surface area contributed by atoms with Gasteiger partial charge in [-0.15, -0.1) is 0 Å². The van der Waals surface area contributed by atoms with E-state index in [-0.39, 0.29) is 42.8 Å². The Morgan fingerprint density at radius 2 is 2.10 bits per heavy atom. The Morgan fingerprint density at radius 1 is 1.21 bits per heavy atom. The molecule has 3 aromatic heterocycles. The lowest BCUT2D eigenvalue weighted by atomic mass is 10.0. The van der Waals surface area contributed by atoms with E-state index in [9.17, 15) is 9.18 Å². The second kappa shape index (κ2) is 13.9. The number of pyridine rings is 2. The van der Waals surface area contributed by atoms with Crippen LogP contribution < -0.4 is 9.64 Å². The molecular weight excluding hydrogens is 642 g/mol. The lowest BCUT2D eigenvalue weighted by Crippen LogP contribution is -2.56. The average molecular weight is 675 g/mol. The molecule has 3 atom stereocenters. The minimum Gasteiger partial charge on any atom is -0.463 e. The number of alkyl halides is 1. The highest BCUT2D eigenvalue weighted by molar-refractivity contribution is 6.36. The first-order valence-corrected chi connectivity index (χ1v) is 16.3. The molecular formula is C34H33ClF2N8O3. The Morgan fingerprint density at radius 3 is 2.90 bits per heavy atom. The first-order valence-electron chi connectivity index (χ1n) is 15.9. The van der Waals surface area contributed by atoms with E-state index in [1.807, 2.05) is 11.0 Å². The Bertz CT molecular complexity index is 1920. The number of amides is 1. The monoisotopic (exact) mass is 674 g/mol. The van der Waals surface area contributed by atoms with E-state index >= 15 is 4.39 Å². The van der Waals surface area contributed by atoms with Gasteiger partial charge in [0, 0.05) is 84.8 Å². The number of hydrogen-bond acceptors (Lipinski definition) is 9. The van der Waals surface area contributed by atoms with Crippen LogP contribution in [0.25, 0.3) is 37.8 Å². The number of carbonyl (C=O) groups is 1. The fraction of sp³-hybridized carbons (Fsp3) is 0.412. The van der Waals surface area contributed by atoms with Crippen molar-refractivity contribution in [2.45, 2.75) is 31.0 Å². The van der Waals surface area contributed by atoms with Crippen molar-refractivity contribution in [3.63, 3.8) is 0 Å². The van der Waals surface area contributed by atoms with Crippen molar-refractivity contribution in [2.24, 2.45) is 0 Å². The molecule has 6 heterocycles. The molecule has 248 valence electrons. The maximum absolute atomic E-state index is 16.7. The number of fused-ring (bicyclic) bond motifs is 4. The molecule has 3 aliphatic heterocycles. The molecule has 2 bridgehead atoms. The topological polar surface area (TPSA) is 101 Å². The van der Waals surface area contributed by atoms with Crippen LogP contribution in [0.1, 0.15) is 12.8 Å². The van der Waals surface area contributed by atoms with Gasteiger partial charge in [0.25, 0.3) is 0 Å². The SMILES string of the molecule is [C-]#[N+]C[C@H]1CN(c2nc(OCCCN3C[C@@H]4C[C@H]3CO4)nc3c(F)c(-c4cncc5cccc(Cl)c45)ncc23)CCN1C(=O)/C=C/CF. The summed E-state index contributed by atoms with van der Waals surface area (Å²) < 4.78 is 41.2. The summed E-state index contributed by atoms with van der Waals surface area (Å²) >= 11 is 6.56. The van der Waals surface area contributed by atoms with Crippen molar-refractivity contribution in [3.8, 4) is 17.3 Å². The third kappa shape index (κ3) is 6.23. The molecule has 0 saturated carbocycles. The van der Waals surface area contributed by atoms with E-state index < -0.39 is 18.5 Å². The van der Waals surface area contributed by atoms with Crippen LogP contribution in [0.5, 0.6) is 6.01 Å². The molecule has 0 spiro atoms. The molecule has 1 amide bonds. The standard InChI is InChI=1S/C34H33ClF2N8O3/c1-38-15-23-18-44(10-11-45(23)28(46)7-3-8-36)33-26-17-40-31(25-16-39-14-21-5-2-6-27(35)29(21)25)30(37)32(26)41-34(42-33)47-12-4-9-43-19-24-13-22(43)20-48-24/h2-3,5-7,14,16-17,22-24H,4,8-13,15,18-20H2/b7-3+/t22-,23-,24-/m0/s1. The van der Waals surface area contributed by atoms with Crippen LogP contribution in [0, 0.1) is 12.4 Å². The molecule has 0 N–H and O–H groups in total. The van der Waals surface area contributed by atoms with Crippen LogP contribution in [-0.4, -0.2) is 113 Å². The summed E-state index contributed by atoms with van der Waals surface area (Å²) in [7, 11) is 0. The number of nitrogens with zero attached hydrogens (tertiary/aromatic N) is 8. The van der Waals surface area contributed by atoms with Crippen LogP contribution >= 0.6 is 11.6 Å². The summed E-state index contributed by atoms with van der Waals surface area (Å²) in [5.74, 6) is -0.654. The lowest BCUT2D eigenvalue weighted by Gasteiger charge is -2.39. The number of carbonyl (C=O) groups excluding carboxylic acids is 1. The summed E-state index contributed by atoms with van der Waals surface area (Å²) in [4.78, 5) is 40.3. The van der Waals surface area contributed by atoms with Gasteiger partial charge in [-0.05, 0) is 25.0 Å². The molecule has 0 aliphatic carbocycles. The van der Waals surface area contributed by atoms with Gasteiger partial charge in [-0.1, -0.05) is 23.7 Å². The number of ether oxygens (including phenoxy) is 2. The van der Waals surface area contributed by atoms with Gasteiger partial charge in [0.1, 0.15) is 29.7 Å². The minimum atomic E-state index is -0.760. The van der Waals surface area contributed by atoms with Gasteiger partial charge in [-0.3, -0.25) is 19.7 Å². The van der Waals surface area contributed by atoms with E-state index in [0.717, 1.165) is 44.0 Å². The molecule has 3 fully saturated rings. The molecule has 3 aliphatic rings.